The van der Waals surface area contributed by atoms with Gasteiger partial charge in [-0.25, -0.2) is 0 Å². The minimum atomic E-state index is 0.294. The molecule has 4 heteroatoms. The molecule has 4 nitrogen and oxygen atoms in total. The van der Waals surface area contributed by atoms with Crippen molar-refractivity contribution in [3.05, 3.63) is 48.3 Å². The minimum absolute atomic E-state index is 0.294. The summed E-state index contributed by atoms with van der Waals surface area (Å²) in [4.78, 5) is 2.40. The van der Waals surface area contributed by atoms with Crippen LogP contribution in [0.4, 0.5) is 5.69 Å². The molecule has 0 amide bonds. The van der Waals surface area contributed by atoms with E-state index in [1.54, 1.807) is 6.20 Å². The SMILES string of the molecule is CN1CCC(C(c2ccccc2)n2cc(N)cn2)CC1. The van der Waals surface area contributed by atoms with Gasteiger partial charge in [-0.15, -0.1) is 0 Å². The molecule has 1 unspecified atom stereocenters. The number of nitrogens with zero attached hydrogens (tertiary/aromatic N) is 3. The molecule has 0 saturated carbocycles. The molecule has 1 aliphatic rings. The standard InChI is InChI=1S/C16H22N4/c1-19-9-7-14(8-10-19)16(13-5-3-2-4-6-13)20-12-15(17)11-18-20/h2-6,11-12,14,16H,7-10,17H2,1H3. The van der Waals surface area contributed by atoms with Gasteiger partial charge in [0.1, 0.15) is 0 Å². The monoisotopic (exact) mass is 270 g/mol. The maximum atomic E-state index is 5.85. The molecule has 3 rings (SSSR count). The summed E-state index contributed by atoms with van der Waals surface area (Å²) >= 11 is 0. The second-order valence-corrected chi connectivity index (χ2v) is 5.75. The van der Waals surface area contributed by atoms with E-state index in [1.165, 1.54) is 18.4 Å². The quantitative estimate of drug-likeness (QED) is 0.931. The highest BCUT2D eigenvalue weighted by molar-refractivity contribution is 5.32. The predicted molar refractivity (Wildman–Crippen MR) is 81.4 cm³/mol. The minimum Gasteiger partial charge on any atom is -0.396 e. The molecule has 1 saturated heterocycles. The normalized spacial score (nSPS) is 19.1. The van der Waals surface area contributed by atoms with E-state index in [9.17, 15) is 0 Å². The van der Waals surface area contributed by atoms with Gasteiger partial charge in [0, 0.05) is 6.20 Å². The molecular formula is C16H22N4. The number of hydrogen-bond donors (Lipinski definition) is 1. The lowest BCUT2D eigenvalue weighted by atomic mass is 9.85. The number of hydrogen-bond acceptors (Lipinski definition) is 3. The molecule has 106 valence electrons. The third-order valence-electron chi connectivity index (χ3n) is 4.26. The third-order valence-corrected chi connectivity index (χ3v) is 4.26. The average Bonchev–Trinajstić information content (AvgIpc) is 2.89. The summed E-state index contributed by atoms with van der Waals surface area (Å²) in [6, 6.07) is 10.9. The maximum Gasteiger partial charge on any atom is 0.0798 e. The fourth-order valence-corrected chi connectivity index (χ4v) is 3.14. The summed E-state index contributed by atoms with van der Waals surface area (Å²) in [6.45, 7) is 2.31. The summed E-state index contributed by atoms with van der Waals surface area (Å²) in [6.07, 6.45) is 6.10. The summed E-state index contributed by atoms with van der Waals surface area (Å²) in [5, 5.41) is 4.46. The van der Waals surface area contributed by atoms with Crippen molar-refractivity contribution in [3.63, 3.8) is 0 Å². The first-order valence-corrected chi connectivity index (χ1v) is 7.27. The topological polar surface area (TPSA) is 47.1 Å². The van der Waals surface area contributed by atoms with Gasteiger partial charge in [-0.05, 0) is 44.5 Å². The van der Waals surface area contributed by atoms with Gasteiger partial charge in [0.15, 0.2) is 0 Å². The number of nitrogen functional groups attached to an aromatic ring is 1. The lowest BCUT2D eigenvalue weighted by Gasteiger charge is -2.34. The zero-order chi connectivity index (χ0) is 13.9. The van der Waals surface area contributed by atoms with Crippen LogP contribution in [0.25, 0.3) is 0 Å². The van der Waals surface area contributed by atoms with E-state index in [1.807, 2.05) is 10.9 Å². The highest BCUT2D eigenvalue weighted by Crippen LogP contribution is 2.33. The molecular weight excluding hydrogens is 248 g/mol. The Labute approximate surface area is 120 Å². The number of benzene rings is 1. The second-order valence-electron chi connectivity index (χ2n) is 5.75. The molecule has 2 heterocycles. The van der Waals surface area contributed by atoms with Crippen molar-refractivity contribution in [1.82, 2.24) is 14.7 Å². The molecule has 1 atom stereocenters. The molecule has 1 aromatic heterocycles. The van der Waals surface area contributed by atoms with Crippen LogP contribution in [-0.2, 0) is 0 Å². The van der Waals surface area contributed by atoms with Gasteiger partial charge in [-0.1, -0.05) is 30.3 Å². The van der Waals surface area contributed by atoms with Crippen LogP contribution in [0, 0.1) is 5.92 Å². The molecule has 20 heavy (non-hydrogen) atoms. The third kappa shape index (κ3) is 2.70. The van der Waals surface area contributed by atoms with E-state index in [0.717, 1.165) is 18.8 Å². The number of nitrogens with two attached hydrogens (primary N) is 1. The Morgan fingerprint density at radius 3 is 2.50 bits per heavy atom. The van der Waals surface area contributed by atoms with Crippen LogP contribution in [0.2, 0.25) is 0 Å². The van der Waals surface area contributed by atoms with Gasteiger partial charge in [0.05, 0.1) is 17.9 Å². The molecule has 1 aliphatic heterocycles. The fourth-order valence-electron chi connectivity index (χ4n) is 3.14. The molecule has 0 radical (unpaired) electrons. The second kappa shape index (κ2) is 5.67. The molecule has 0 spiro atoms. The lowest BCUT2D eigenvalue weighted by Crippen LogP contribution is -2.34. The smallest absolute Gasteiger partial charge is 0.0798 e. The summed E-state index contributed by atoms with van der Waals surface area (Å²) in [5.74, 6) is 0.618. The van der Waals surface area contributed by atoms with Crippen LogP contribution < -0.4 is 5.73 Å². The van der Waals surface area contributed by atoms with Crippen LogP contribution in [-0.4, -0.2) is 34.8 Å². The molecule has 1 aromatic carbocycles. The van der Waals surface area contributed by atoms with Crippen molar-refractivity contribution < 1.29 is 0 Å². The average molecular weight is 270 g/mol. The summed E-state index contributed by atoms with van der Waals surface area (Å²) in [7, 11) is 2.19. The van der Waals surface area contributed by atoms with Crippen molar-refractivity contribution in [2.45, 2.75) is 18.9 Å². The van der Waals surface area contributed by atoms with E-state index in [2.05, 4.69) is 47.4 Å². The van der Waals surface area contributed by atoms with Gasteiger partial charge in [-0.2, -0.15) is 5.10 Å². The first-order valence-electron chi connectivity index (χ1n) is 7.27. The van der Waals surface area contributed by atoms with Gasteiger partial charge >= 0.3 is 0 Å². The van der Waals surface area contributed by atoms with Gasteiger partial charge < -0.3 is 10.6 Å². The number of aromatic nitrogens is 2. The largest absolute Gasteiger partial charge is 0.396 e. The Morgan fingerprint density at radius 2 is 1.90 bits per heavy atom. The van der Waals surface area contributed by atoms with Crippen molar-refractivity contribution in [2.24, 2.45) is 5.92 Å². The van der Waals surface area contributed by atoms with Crippen LogP contribution in [0.5, 0.6) is 0 Å². The molecule has 2 N–H and O–H groups in total. The number of rotatable bonds is 3. The highest BCUT2D eigenvalue weighted by Gasteiger charge is 2.28. The van der Waals surface area contributed by atoms with Gasteiger partial charge in [0.2, 0.25) is 0 Å². The van der Waals surface area contributed by atoms with Crippen molar-refractivity contribution in [2.75, 3.05) is 25.9 Å². The Balaban J connectivity index is 1.91. The zero-order valence-electron chi connectivity index (χ0n) is 11.9. The summed E-state index contributed by atoms with van der Waals surface area (Å²) < 4.78 is 2.04. The van der Waals surface area contributed by atoms with E-state index in [-0.39, 0.29) is 0 Å². The van der Waals surface area contributed by atoms with E-state index in [0.29, 0.717) is 12.0 Å². The van der Waals surface area contributed by atoms with Crippen LogP contribution in [0.15, 0.2) is 42.7 Å². The van der Waals surface area contributed by atoms with Crippen LogP contribution >= 0.6 is 0 Å². The Bertz CT molecular complexity index is 541. The van der Waals surface area contributed by atoms with Crippen molar-refractivity contribution in [3.8, 4) is 0 Å². The zero-order valence-corrected chi connectivity index (χ0v) is 11.9. The Hall–Kier alpha value is -1.81. The highest BCUT2D eigenvalue weighted by atomic mass is 15.3. The van der Waals surface area contributed by atoms with E-state index < -0.39 is 0 Å². The molecule has 0 bridgehead atoms. The van der Waals surface area contributed by atoms with E-state index in [4.69, 9.17) is 5.73 Å². The Kier molecular flexibility index (Phi) is 3.74. The first kappa shape index (κ1) is 13.2. The Morgan fingerprint density at radius 1 is 1.20 bits per heavy atom. The molecule has 1 fully saturated rings. The molecule has 2 aromatic rings. The van der Waals surface area contributed by atoms with E-state index >= 15 is 0 Å². The number of piperidine rings is 1. The number of likely N-dealkylation sites (tertiary alicyclic amines) is 1. The summed E-state index contributed by atoms with van der Waals surface area (Å²) in [5.41, 5.74) is 7.91. The number of anilines is 1. The van der Waals surface area contributed by atoms with Crippen LogP contribution in [0.3, 0.4) is 0 Å². The van der Waals surface area contributed by atoms with Crippen molar-refractivity contribution >= 4 is 5.69 Å². The molecule has 0 aliphatic carbocycles. The van der Waals surface area contributed by atoms with Gasteiger partial charge in [0.25, 0.3) is 0 Å². The van der Waals surface area contributed by atoms with Crippen LogP contribution in [0.1, 0.15) is 24.4 Å². The van der Waals surface area contributed by atoms with Gasteiger partial charge in [-0.3, -0.25) is 4.68 Å². The first-order chi connectivity index (χ1) is 9.74. The predicted octanol–water partition coefficient (Wildman–Crippen LogP) is 2.40. The lowest BCUT2D eigenvalue weighted by molar-refractivity contribution is 0.182. The fraction of sp³-hybridized carbons (Fsp3) is 0.438. The van der Waals surface area contributed by atoms with Crippen molar-refractivity contribution in [1.29, 1.82) is 0 Å². The maximum absolute atomic E-state index is 5.85.